The summed E-state index contributed by atoms with van der Waals surface area (Å²) in [5.41, 5.74) is 2.76. The van der Waals surface area contributed by atoms with Gasteiger partial charge >= 0.3 is 52.1 Å². The van der Waals surface area contributed by atoms with Crippen molar-refractivity contribution in [3.05, 3.63) is 61.9 Å². The van der Waals surface area contributed by atoms with Crippen molar-refractivity contribution in [1.82, 2.24) is 9.80 Å². The number of benzene rings is 1. The zero-order valence-electron chi connectivity index (χ0n) is 19.5. The minimum atomic E-state index is -3.95. The summed E-state index contributed by atoms with van der Waals surface area (Å²) >= 11 is -0.346. The molecule has 0 bridgehead atoms. The molecule has 8 nitrogen and oxygen atoms in total. The second kappa shape index (κ2) is 18.3. The quantitative estimate of drug-likeness (QED) is 0.182. The van der Waals surface area contributed by atoms with Crippen LogP contribution in [0.2, 0.25) is 12.1 Å². The summed E-state index contributed by atoms with van der Waals surface area (Å²) in [6, 6.07) is 8.71. The van der Waals surface area contributed by atoms with Gasteiger partial charge in [0.05, 0.1) is 0 Å². The van der Waals surface area contributed by atoms with Crippen molar-refractivity contribution in [2.45, 2.75) is 51.6 Å². The molecule has 194 valence electrons. The van der Waals surface area contributed by atoms with Gasteiger partial charge in [0.2, 0.25) is 0 Å². The van der Waals surface area contributed by atoms with Crippen molar-refractivity contribution >= 4 is 37.0 Å². The van der Waals surface area contributed by atoms with Gasteiger partial charge in [-0.3, -0.25) is 0 Å². The van der Waals surface area contributed by atoms with Crippen LogP contribution in [0.5, 0.6) is 0 Å². The van der Waals surface area contributed by atoms with Crippen molar-refractivity contribution < 1.29 is 43.9 Å². The predicted octanol–water partition coefficient (Wildman–Crippen LogP) is 2.75. The van der Waals surface area contributed by atoms with Crippen LogP contribution in [-0.2, 0) is 15.1 Å². The van der Waals surface area contributed by atoms with E-state index in [1.54, 1.807) is 19.1 Å². The third-order valence-corrected chi connectivity index (χ3v) is 6.40. The first-order valence-electron chi connectivity index (χ1n) is 10.1. The summed E-state index contributed by atoms with van der Waals surface area (Å²) in [6.07, 6.45) is 4.53. The van der Waals surface area contributed by atoms with Gasteiger partial charge in [-0.2, -0.15) is 6.67 Å². The molecule has 13 heteroatoms. The molecule has 2 rings (SSSR count). The Morgan fingerprint density at radius 2 is 1.21 bits per heavy atom. The molecule has 0 unspecified atom stereocenters. The summed E-state index contributed by atoms with van der Waals surface area (Å²) in [6.45, 7) is 9.45. The van der Waals surface area contributed by atoms with E-state index in [0.29, 0.717) is 31.8 Å². The molecule has 1 aromatic rings. The van der Waals surface area contributed by atoms with E-state index in [9.17, 15) is 0 Å². The van der Waals surface area contributed by atoms with Crippen molar-refractivity contribution in [1.29, 1.82) is 0 Å². The fourth-order valence-electron chi connectivity index (χ4n) is 2.65. The van der Waals surface area contributed by atoms with E-state index in [2.05, 4.69) is 45.0 Å². The standard InChI is InChI=1S/C10H14.C9H21N2O6Si2.CH3.2ClH.Ru/c1-8(2)10-6-4-9(3)5-7-10;12-18(13,14)7-1-3-10-5-6-11(9-10)4-2-8-19(15,16)17;;;;/h4-8H,1-3H3;5-6,9,12-17H,1-4,7-8H2;1H3;2*1H;/q;2*-1;;;+4/p-2. The SMILES string of the molecule is Cc1ccc(C(C)C)cc1.O[Si](O)(O)CCCN1C=CN(CCC[Si](O)(O)O)[CH-]1.[CH3-].[Cl][Ru+2][Cl]. The molecule has 1 aliphatic heterocycles. The van der Waals surface area contributed by atoms with Gasteiger partial charge in [0, 0.05) is 12.1 Å². The third-order valence-electron chi connectivity index (χ3n) is 4.35. The summed E-state index contributed by atoms with van der Waals surface area (Å²) in [5.74, 6) is 0.653. The number of hydrogen-bond donors (Lipinski definition) is 6. The fraction of sp³-hybridized carbons (Fsp3) is 0.500. The van der Waals surface area contributed by atoms with Crippen LogP contribution in [0, 0.1) is 21.0 Å². The maximum absolute atomic E-state index is 8.86. The van der Waals surface area contributed by atoms with Crippen LogP contribution in [0.15, 0.2) is 36.7 Å². The minimum absolute atomic E-state index is 0. The monoisotopic (exact) mass is 630 g/mol. The summed E-state index contributed by atoms with van der Waals surface area (Å²) < 4.78 is 0. The Kier molecular flexibility index (Phi) is 19.4. The average Bonchev–Trinajstić information content (AvgIpc) is 3.09. The molecular formula is C20H38Cl2N2O6RuSi2. The number of aryl methyl sites for hydroxylation is 1. The van der Waals surface area contributed by atoms with E-state index in [1.807, 2.05) is 9.80 Å². The van der Waals surface area contributed by atoms with Gasteiger partial charge in [0.15, 0.2) is 0 Å². The van der Waals surface area contributed by atoms with Gasteiger partial charge in [0.1, 0.15) is 0 Å². The van der Waals surface area contributed by atoms with E-state index in [-0.39, 0.29) is 34.7 Å². The molecule has 1 aromatic carbocycles. The Bertz CT molecular complexity index is 619. The second-order valence-electron chi connectivity index (χ2n) is 7.76. The topological polar surface area (TPSA) is 128 Å². The Balaban J connectivity index is 0. The predicted molar refractivity (Wildman–Crippen MR) is 134 cm³/mol. The molecule has 0 amide bonds. The number of halogens is 2. The first kappa shape index (κ1) is 35.1. The molecule has 0 saturated heterocycles. The molecule has 33 heavy (non-hydrogen) atoms. The Labute approximate surface area is 216 Å². The van der Waals surface area contributed by atoms with Gasteiger partial charge in [0.25, 0.3) is 0 Å². The molecule has 0 aliphatic carbocycles. The summed E-state index contributed by atoms with van der Waals surface area (Å²) in [4.78, 5) is 56.8. The molecule has 0 atom stereocenters. The first-order chi connectivity index (χ1) is 14.8. The van der Waals surface area contributed by atoms with E-state index in [0.717, 1.165) is 0 Å². The molecule has 0 radical (unpaired) electrons. The average molecular weight is 631 g/mol. The van der Waals surface area contributed by atoms with Crippen LogP contribution in [-0.4, -0.2) is 69.3 Å². The molecule has 0 aromatic heterocycles. The maximum atomic E-state index is 8.86. The van der Waals surface area contributed by atoms with Crippen LogP contribution in [0.3, 0.4) is 0 Å². The number of rotatable bonds is 9. The van der Waals surface area contributed by atoms with E-state index >= 15 is 0 Å². The van der Waals surface area contributed by atoms with Crippen LogP contribution < -0.4 is 0 Å². The van der Waals surface area contributed by atoms with Gasteiger partial charge in [-0.15, -0.1) is 0 Å². The zero-order valence-corrected chi connectivity index (χ0v) is 24.8. The Hall–Kier alpha value is -0.0429. The Morgan fingerprint density at radius 1 is 0.848 bits per heavy atom. The van der Waals surface area contributed by atoms with Gasteiger partial charge in [-0.1, -0.05) is 43.7 Å². The molecule has 0 fully saturated rings. The second-order valence-corrected chi connectivity index (χ2v) is 14.5. The van der Waals surface area contributed by atoms with Gasteiger partial charge in [-0.05, 0) is 56.7 Å². The summed E-state index contributed by atoms with van der Waals surface area (Å²) in [5, 5.41) is 0. The first-order valence-corrected chi connectivity index (χ1v) is 18.7. The normalized spacial score (nSPS) is 13.2. The van der Waals surface area contributed by atoms with E-state index < -0.39 is 17.6 Å². The van der Waals surface area contributed by atoms with Crippen molar-refractivity contribution in [2.24, 2.45) is 0 Å². The van der Waals surface area contributed by atoms with Crippen LogP contribution >= 0.6 is 19.4 Å². The fourth-order valence-corrected chi connectivity index (χ4v) is 3.92. The molecule has 1 aliphatic rings. The van der Waals surface area contributed by atoms with E-state index in [4.69, 9.17) is 48.2 Å². The number of hydrogen-bond acceptors (Lipinski definition) is 8. The van der Waals surface area contributed by atoms with Crippen LogP contribution in [0.1, 0.15) is 43.7 Å². The number of nitrogens with zero attached hydrogens (tertiary/aromatic N) is 2. The van der Waals surface area contributed by atoms with Gasteiger partial charge < -0.3 is 46.0 Å². The van der Waals surface area contributed by atoms with Gasteiger partial charge in [-0.25, -0.2) is 0 Å². The van der Waals surface area contributed by atoms with Crippen LogP contribution in [0.4, 0.5) is 0 Å². The molecular weight excluding hydrogens is 592 g/mol. The third kappa shape index (κ3) is 21.0. The molecule has 0 saturated carbocycles. The molecule has 1 heterocycles. The van der Waals surface area contributed by atoms with E-state index in [1.165, 1.54) is 11.1 Å². The van der Waals surface area contributed by atoms with Crippen LogP contribution in [0.25, 0.3) is 0 Å². The van der Waals surface area contributed by atoms with Crippen molar-refractivity contribution in [3.63, 3.8) is 0 Å². The molecule has 0 spiro atoms. The van der Waals surface area contributed by atoms with Crippen molar-refractivity contribution in [2.75, 3.05) is 13.1 Å². The zero-order chi connectivity index (χ0) is 24.8. The summed E-state index contributed by atoms with van der Waals surface area (Å²) in [7, 11) is 1.82. The van der Waals surface area contributed by atoms with Crippen molar-refractivity contribution in [3.8, 4) is 0 Å². The molecule has 6 N–H and O–H groups in total. The Morgan fingerprint density at radius 3 is 1.52 bits per heavy atom.